The largest absolute Gasteiger partial charge is 0.361 e. The lowest BCUT2D eigenvalue weighted by Gasteiger charge is -2.05. The normalized spacial score (nSPS) is 11.0. The van der Waals surface area contributed by atoms with Crippen LogP contribution in [0, 0.1) is 0 Å². The minimum Gasteiger partial charge on any atom is -0.361 e. The third kappa shape index (κ3) is 1.61. The number of fused-ring (bicyclic) bond motifs is 1. The van der Waals surface area contributed by atoms with Gasteiger partial charge in [-0.3, -0.25) is 4.79 Å². The molecule has 4 heteroatoms. The lowest BCUT2D eigenvalue weighted by atomic mass is 10.2. The average molecular weight is 201 g/mol. The van der Waals surface area contributed by atoms with Gasteiger partial charge in [0.15, 0.2) is 6.29 Å². The van der Waals surface area contributed by atoms with Gasteiger partial charge < -0.3 is 10.3 Å². The summed E-state index contributed by atoms with van der Waals surface area (Å²) in [5.41, 5.74) is 2.11. The Morgan fingerprint density at radius 3 is 3.13 bits per heavy atom. The number of rotatable bonds is 3. The van der Waals surface area contributed by atoms with Crippen LogP contribution in [0.3, 0.4) is 0 Å². The van der Waals surface area contributed by atoms with E-state index in [-0.39, 0.29) is 0 Å². The van der Waals surface area contributed by atoms with E-state index in [1.807, 2.05) is 19.1 Å². The standard InChI is InChI=1S/C11H11N3O/c1-2-4-12-10-8(7-15)6-14-11-9(10)3-5-13-11/h2-7H,1H3,(H2,12,13,14)/b4-2-. The van der Waals surface area contributed by atoms with Gasteiger partial charge in [-0.2, -0.15) is 0 Å². The average Bonchev–Trinajstić information content (AvgIpc) is 2.73. The predicted octanol–water partition coefficient (Wildman–Crippen LogP) is 2.32. The van der Waals surface area contributed by atoms with E-state index in [1.165, 1.54) is 0 Å². The third-order valence-electron chi connectivity index (χ3n) is 2.14. The maximum absolute atomic E-state index is 10.8. The van der Waals surface area contributed by atoms with Crippen LogP contribution in [0.1, 0.15) is 17.3 Å². The minimum absolute atomic E-state index is 0.556. The number of nitrogens with zero attached hydrogens (tertiary/aromatic N) is 1. The number of aromatic amines is 1. The summed E-state index contributed by atoms with van der Waals surface area (Å²) in [7, 11) is 0. The minimum atomic E-state index is 0.556. The van der Waals surface area contributed by atoms with Crippen LogP contribution in [0.4, 0.5) is 5.69 Å². The van der Waals surface area contributed by atoms with Crippen LogP contribution in [0.2, 0.25) is 0 Å². The zero-order chi connectivity index (χ0) is 10.7. The number of carbonyl (C=O) groups is 1. The molecule has 2 rings (SSSR count). The Hall–Kier alpha value is -2.10. The van der Waals surface area contributed by atoms with Crippen molar-refractivity contribution in [1.29, 1.82) is 0 Å². The van der Waals surface area contributed by atoms with Gasteiger partial charge in [0.2, 0.25) is 0 Å². The lowest BCUT2D eigenvalue weighted by molar-refractivity contribution is 0.112. The number of allylic oxidation sites excluding steroid dienone is 1. The van der Waals surface area contributed by atoms with Gasteiger partial charge in [-0.05, 0) is 19.2 Å². The molecule has 0 saturated carbocycles. The van der Waals surface area contributed by atoms with Crippen LogP contribution in [0.5, 0.6) is 0 Å². The van der Waals surface area contributed by atoms with Crippen molar-refractivity contribution in [3.05, 3.63) is 36.3 Å². The molecule has 2 N–H and O–H groups in total. The van der Waals surface area contributed by atoms with Crippen molar-refractivity contribution >= 4 is 23.0 Å². The molecule has 76 valence electrons. The number of carbonyl (C=O) groups excluding carboxylic acids is 1. The highest BCUT2D eigenvalue weighted by molar-refractivity contribution is 5.99. The van der Waals surface area contributed by atoms with Crippen LogP contribution < -0.4 is 5.32 Å². The SMILES string of the molecule is C/C=C\Nc1c(C=O)cnc2[nH]ccc12. The summed E-state index contributed by atoms with van der Waals surface area (Å²) in [4.78, 5) is 18.0. The molecule has 0 saturated heterocycles. The molecule has 0 aliphatic carbocycles. The second-order valence-corrected chi connectivity index (χ2v) is 3.09. The molecule has 0 unspecified atom stereocenters. The summed E-state index contributed by atoms with van der Waals surface area (Å²) in [6, 6.07) is 1.89. The van der Waals surface area contributed by atoms with Crippen molar-refractivity contribution in [2.24, 2.45) is 0 Å². The zero-order valence-corrected chi connectivity index (χ0v) is 8.32. The number of aromatic nitrogens is 2. The first-order valence-corrected chi connectivity index (χ1v) is 4.65. The van der Waals surface area contributed by atoms with Crippen LogP contribution in [-0.2, 0) is 0 Å². The summed E-state index contributed by atoms with van der Waals surface area (Å²) in [5.74, 6) is 0. The fourth-order valence-electron chi connectivity index (χ4n) is 1.44. The molecule has 0 aliphatic heterocycles. The smallest absolute Gasteiger partial charge is 0.153 e. The Bertz CT molecular complexity index is 514. The van der Waals surface area contributed by atoms with Crippen molar-refractivity contribution in [3.63, 3.8) is 0 Å². The molecule has 2 heterocycles. The van der Waals surface area contributed by atoms with E-state index < -0.39 is 0 Å². The van der Waals surface area contributed by atoms with Gasteiger partial charge in [-0.25, -0.2) is 4.98 Å². The molecule has 15 heavy (non-hydrogen) atoms. The second-order valence-electron chi connectivity index (χ2n) is 3.09. The molecule has 0 aliphatic rings. The monoisotopic (exact) mass is 201 g/mol. The first-order chi connectivity index (χ1) is 7.36. The molecule has 0 radical (unpaired) electrons. The fourth-order valence-corrected chi connectivity index (χ4v) is 1.44. The van der Waals surface area contributed by atoms with E-state index in [2.05, 4.69) is 15.3 Å². The lowest BCUT2D eigenvalue weighted by Crippen LogP contribution is -1.95. The highest BCUT2D eigenvalue weighted by Crippen LogP contribution is 2.23. The number of hydrogen-bond acceptors (Lipinski definition) is 3. The molecule has 0 amide bonds. The van der Waals surface area contributed by atoms with Crippen molar-refractivity contribution in [3.8, 4) is 0 Å². The first kappa shape index (κ1) is 9.45. The third-order valence-corrected chi connectivity index (χ3v) is 2.14. The quantitative estimate of drug-likeness (QED) is 0.749. The van der Waals surface area contributed by atoms with Gasteiger partial charge in [0.05, 0.1) is 11.3 Å². The van der Waals surface area contributed by atoms with Crippen molar-refractivity contribution in [2.75, 3.05) is 5.32 Å². The zero-order valence-electron chi connectivity index (χ0n) is 8.32. The van der Waals surface area contributed by atoms with E-state index >= 15 is 0 Å². The van der Waals surface area contributed by atoms with Gasteiger partial charge in [0.1, 0.15) is 5.65 Å². The molecule has 0 spiro atoms. The Morgan fingerprint density at radius 2 is 2.40 bits per heavy atom. The summed E-state index contributed by atoms with van der Waals surface area (Å²) >= 11 is 0. The van der Waals surface area contributed by atoms with Crippen LogP contribution >= 0.6 is 0 Å². The van der Waals surface area contributed by atoms with E-state index in [9.17, 15) is 4.79 Å². The van der Waals surface area contributed by atoms with E-state index in [4.69, 9.17) is 0 Å². The summed E-state index contributed by atoms with van der Waals surface area (Å²) in [5, 5.41) is 3.99. The molecule has 2 aromatic rings. The Labute approximate surface area is 87.0 Å². The highest BCUT2D eigenvalue weighted by atomic mass is 16.1. The van der Waals surface area contributed by atoms with Crippen LogP contribution in [-0.4, -0.2) is 16.3 Å². The molecule has 0 atom stereocenters. The van der Waals surface area contributed by atoms with Crippen molar-refractivity contribution < 1.29 is 4.79 Å². The maximum Gasteiger partial charge on any atom is 0.153 e. The molecule has 0 fully saturated rings. The van der Waals surface area contributed by atoms with Gasteiger partial charge in [-0.15, -0.1) is 0 Å². The summed E-state index contributed by atoms with van der Waals surface area (Å²) < 4.78 is 0. The Morgan fingerprint density at radius 1 is 1.53 bits per heavy atom. The number of H-pyrrole nitrogens is 1. The van der Waals surface area contributed by atoms with E-state index in [0.29, 0.717) is 5.56 Å². The molecule has 0 aromatic carbocycles. The number of hydrogen-bond donors (Lipinski definition) is 2. The van der Waals surface area contributed by atoms with Crippen LogP contribution in [0.25, 0.3) is 11.0 Å². The maximum atomic E-state index is 10.8. The number of aldehydes is 1. The van der Waals surface area contributed by atoms with E-state index in [0.717, 1.165) is 23.0 Å². The van der Waals surface area contributed by atoms with Gasteiger partial charge >= 0.3 is 0 Å². The summed E-state index contributed by atoms with van der Waals surface area (Å²) in [6.45, 7) is 1.91. The summed E-state index contributed by atoms with van der Waals surface area (Å²) in [6.07, 6.45) is 7.80. The van der Waals surface area contributed by atoms with E-state index in [1.54, 1.807) is 18.6 Å². The second kappa shape index (κ2) is 3.96. The van der Waals surface area contributed by atoms with Gasteiger partial charge in [0.25, 0.3) is 0 Å². The van der Waals surface area contributed by atoms with Gasteiger partial charge in [0, 0.05) is 17.8 Å². The number of pyridine rings is 1. The molecule has 0 bridgehead atoms. The highest BCUT2D eigenvalue weighted by Gasteiger charge is 2.07. The Balaban J connectivity index is 2.62. The fraction of sp³-hybridized carbons (Fsp3) is 0.0909. The first-order valence-electron chi connectivity index (χ1n) is 4.65. The Kier molecular flexibility index (Phi) is 2.49. The molecule has 4 nitrogen and oxygen atoms in total. The van der Waals surface area contributed by atoms with Crippen molar-refractivity contribution in [1.82, 2.24) is 9.97 Å². The topological polar surface area (TPSA) is 57.8 Å². The number of nitrogens with one attached hydrogen (secondary N) is 2. The van der Waals surface area contributed by atoms with Crippen LogP contribution in [0.15, 0.2) is 30.7 Å². The van der Waals surface area contributed by atoms with Crippen molar-refractivity contribution in [2.45, 2.75) is 6.92 Å². The number of anilines is 1. The molecule has 2 aromatic heterocycles. The predicted molar refractivity (Wildman–Crippen MR) is 59.9 cm³/mol. The molecular weight excluding hydrogens is 190 g/mol. The van der Waals surface area contributed by atoms with Gasteiger partial charge in [-0.1, -0.05) is 6.08 Å². The molecular formula is C11H11N3O.